The smallest absolute Gasteiger partial charge is 0.328 e. The minimum atomic E-state index is -1.26. The average molecular weight is 449 g/mol. The van der Waals surface area contributed by atoms with Crippen molar-refractivity contribution in [1.82, 2.24) is 4.90 Å². The van der Waals surface area contributed by atoms with Gasteiger partial charge in [0.2, 0.25) is 0 Å². The van der Waals surface area contributed by atoms with Crippen LogP contribution >= 0.6 is 0 Å². The molecule has 3 N–H and O–H groups in total. The SMILES string of the molecule is CN1[C@@H]2CC[C@H]1CC(Nc1ccc(-c3ccc4occc4c3)cc1)C2.O=C(O)/C=C/C(=O)O. The summed E-state index contributed by atoms with van der Waals surface area (Å²) in [6.07, 6.45) is 8.14. The first-order valence-electron chi connectivity index (χ1n) is 11.1. The summed E-state index contributed by atoms with van der Waals surface area (Å²) in [7, 11) is 2.30. The van der Waals surface area contributed by atoms with E-state index < -0.39 is 11.9 Å². The van der Waals surface area contributed by atoms with Crippen LogP contribution in [0, 0.1) is 0 Å². The Labute approximate surface area is 192 Å². The normalized spacial score (nSPS) is 22.2. The first-order chi connectivity index (χ1) is 15.9. The van der Waals surface area contributed by atoms with Gasteiger partial charge in [-0.25, -0.2) is 9.59 Å². The van der Waals surface area contributed by atoms with Gasteiger partial charge in [-0.05, 0) is 74.2 Å². The van der Waals surface area contributed by atoms with Crippen molar-refractivity contribution in [1.29, 1.82) is 0 Å². The maximum Gasteiger partial charge on any atom is 0.328 e. The number of furan rings is 1. The summed E-state index contributed by atoms with van der Waals surface area (Å²) < 4.78 is 5.43. The maximum absolute atomic E-state index is 9.55. The highest BCUT2D eigenvalue weighted by Crippen LogP contribution is 2.35. The fourth-order valence-corrected chi connectivity index (χ4v) is 4.81. The second kappa shape index (κ2) is 9.92. The quantitative estimate of drug-likeness (QED) is 0.480. The van der Waals surface area contributed by atoms with E-state index in [2.05, 4.69) is 53.7 Å². The van der Waals surface area contributed by atoms with Crippen molar-refractivity contribution in [3.05, 3.63) is 66.9 Å². The highest BCUT2D eigenvalue weighted by atomic mass is 16.4. The third kappa shape index (κ3) is 5.62. The number of carboxylic acid groups (broad SMARTS) is 2. The predicted molar refractivity (Wildman–Crippen MR) is 127 cm³/mol. The second-order valence-corrected chi connectivity index (χ2v) is 8.62. The highest BCUT2D eigenvalue weighted by molar-refractivity contribution is 5.89. The van der Waals surface area contributed by atoms with Gasteiger partial charge in [0.1, 0.15) is 5.58 Å². The van der Waals surface area contributed by atoms with Gasteiger partial charge in [-0.3, -0.25) is 0 Å². The zero-order valence-electron chi connectivity index (χ0n) is 18.5. The van der Waals surface area contributed by atoms with Gasteiger partial charge in [0, 0.05) is 41.4 Å². The van der Waals surface area contributed by atoms with Gasteiger partial charge in [0.15, 0.2) is 0 Å². The van der Waals surface area contributed by atoms with Crippen LogP contribution in [0.3, 0.4) is 0 Å². The van der Waals surface area contributed by atoms with Crippen LogP contribution in [0.5, 0.6) is 0 Å². The van der Waals surface area contributed by atoms with Crippen LogP contribution in [-0.4, -0.2) is 52.2 Å². The molecular weight excluding hydrogens is 420 g/mol. The van der Waals surface area contributed by atoms with Crippen LogP contribution in [0.25, 0.3) is 22.1 Å². The van der Waals surface area contributed by atoms with Crippen molar-refractivity contribution in [2.24, 2.45) is 0 Å². The maximum atomic E-state index is 9.55. The van der Waals surface area contributed by atoms with Gasteiger partial charge in [-0.2, -0.15) is 0 Å². The van der Waals surface area contributed by atoms with Crippen LogP contribution < -0.4 is 5.32 Å². The number of carboxylic acids is 2. The van der Waals surface area contributed by atoms with E-state index in [1.54, 1.807) is 6.26 Å². The van der Waals surface area contributed by atoms with Crippen LogP contribution in [0.4, 0.5) is 5.69 Å². The third-order valence-electron chi connectivity index (χ3n) is 6.51. The Morgan fingerprint density at radius 2 is 1.55 bits per heavy atom. The van der Waals surface area contributed by atoms with Crippen LogP contribution in [-0.2, 0) is 9.59 Å². The zero-order chi connectivity index (χ0) is 23.4. The summed E-state index contributed by atoms with van der Waals surface area (Å²) in [5.41, 5.74) is 4.66. The van der Waals surface area contributed by atoms with Gasteiger partial charge in [0.05, 0.1) is 6.26 Å². The number of rotatable bonds is 5. The number of hydrogen-bond donors (Lipinski definition) is 3. The van der Waals surface area contributed by atoms with E-state index in [1.807, 2.05) is 12.1 Å². The Balaban J connectivity index is 0.000000281. The molecule has 2 aromatic carbocycles. The number of piperidine rings is 1. The van der Waals surface area contributed by atoms with Crippen molar-refractivity contribution >= 4 is 28.6 Å². The number of anilines is 1. The first-order valence-corrected chi connectivity index (χ1v) is 11.1. The van der Waals surface area contributed by atoms with E-state index in [1.165, 1.54) is 42.5 Å². The lowest BCUT2D eigenvalue weighted by atomic mass is 9.97. The fraction of sp³-hybridized carbons (Fsp3) is 0.308. The van der Waals surface area contributed by atoms with Gasteiger partial charge in [0.25, 0.3) is 0 Å². The summed E-state index contributed by atoms with van der Waals surface area (Å²) in [6, 6.07) is 19.4. The summed E-state index contributed by atoms with van der Waals surface area (Å²) in [5, 5.41) is 20.5. The molecule has 3 heterocycles. The van der Waals surface area contributed by atoms with Gasteiger partial charge in [-0.15, -0.1) is 0 Å². The molecule has 5 rings (SSSR count). The molecule has 2 aliphatic rings. The molecule has 7 nitrogen and oxygen atoms in total. The molecule has 3 atom stereocenters. The molecule has 2 fully saturated rings. The molecule has 0 aliphatic carbocycles. The summed E-state index contributed by atoms with van der Waals surface area (Å²) in [6.45, 7) is 0. The monoisotopic (exact) mass is 448 g/mol. The second-order valence-electron chi connectivity index (χ2n) is 8.62. The molecule has 1 aromatic heterocycles. The van der Waals surface area contributed by atoms with Crippen molar-refractivity contribution in [2.45, 2.75) is 43.8 Å². The Hall–Kier alpha value is -3.58. The van der Waals surface area contributed by atoms with Crippen molar-refractivity contribution in [3.8, 4) is 11.1 Å². The van der Waals surface area contributed by atoms with E-state index in [-0.39, 0.29) is 0 Å². The van der Waals surface area contributed by atoms with Crippen molar-refractivity contribution in [3.63, 3.8) is 0 Å². The molecule has 33 heavy (non-hydrogen) atoms. The number of carbonyl (C=O) groups is 2. The highest BCUT2D eigenvalue weighted by Gasteiger charge is 2.38. The molecule has 2 aliphatic heterocycles. The summed E-state index contributed by atoms with van der Waals surface area (Å²) in [5.74, 6) is -2.51. The molecule has 0 amide bonds. The minimum absolute atomic E-state index is 0.558. The molecule has 0 radical (unpaired) electrons. The van der Waals surface area contributed by atoms with Gasteiger partial charge in [-0.1, -0.05) is 18.2 Å². The number of aliphatic carboxylic acids is 2. The molecule has 3 aromatic rings. The lowest BCUT2D eigenvalue weighted by Crippen LogP contribution is -2.44. The standard InChI is InChI=1S/C22H24N2O.C4H4O4/c1-24-20-7-8-21(24)14-19(13-20)23-18-5-2-15(3-6-18)16-4-9-22-17(12-16)10-11-25-22;5-3(6)1-2-4(7)8/h2-6,9-12,19-21,23H,7-8,13-14H2,1H3;1-2H,(H,5,6)(H,7,8)/b;2-1+/t19?,20-,21+;. The number of fused-ring (bicyclic) bond motifs is 3. The van der Waals surface area contributed by atoms with E-state index in [0.717, 1.165) is 23.1 Å². The molecule has 2 saturated heterocycles. The van der Waals surface area contributed by atoms with Crippen molar-refractivity contribution in [2.75, 3.05) is 12.4 Å². The zero-order valence-corrected chi connectivity index (χ0v) is 18.5. The third-order valence-corrected chi connectivity index (χ3v) is 6.51. The lowest BCUT2D eigenvalue weighted by molar-refractivity contribution is -0.134. The van der Waals surface area contributed by atoms with E-state index in [9.17, 15) is 9.59 Å². The van der Waals surface area contributed by atoms with E-state index in [0.29, 0.717) is 18.2 Å². The van der Waals surface area contributed by atoms with Gasteiger partial charge < -0.3 is 24.8 Å². The van der Waals surface area contributed by atoms with Crippen molar-refractivity contribution < 1.29 is 24.2 Å². The molecule has 172 valence electrons. The molecule has 0 spiro atoms. The Bertz CT molecular complexity index is 1120. The Morgan fingerprint density at radius 3 is 2.15 bits per heavy atom. The number of benzene rings is 2. The lowest BCUT2D eigenvalue weighted by Gasteiger charge is -2.37. The van der Waals surface area contributed by atoms with E-state index >= 15 is 0 Å². The predicted octanol–water partition coefficient (Wildman–Crippen LogP) is 4.85. The first kappa shape index (κ1) is 22.6. The molecule has 0 saturated carbocycles. The van der Waals surface area contributed by atoms with Crippen LogP contribution in [0.2, 0.25) is 0 Å². The Morgan fingerprint density at radius 1 is 0.939 bits per heavy atom. The topological polar surface area (TPSA) is 103 Å². The largest absolute Gasteiger partial charge is 0.478 e. The number of hydrogen-bond acceptors (Lipinski definition) is 5. The molecular formula is C26H28N2O5. The van der Waals surface area contributed by atoms with Crippen LogP contribution in [0.15, 0.2) is 71.4 Å². The molecule has 1 unspecified atom stereocenters. The Kier molecular flexibility index (Phi) is 6.79. The summed E-state index contributed by atoms with van der Waals surface area (Å²) >= 11 is 0. The van der Waals surface area contributed by atoms with E-state index in [4.69, 9.17) is 14.6 Å². The number of nitrogens with zero attached hydrogens (tertiary/aromatic N) is 1. The summed E-state index contributed by atoms with van der Waals surface area (Å²) in [4.78, 5) is 21.7. The molecule has 2 bridgehead atoms. The fourth-order valence-electron chi connectivity index (χ4n) is 4.81. The van der Waals surface area contributed by atoms with Crippen LogP contribution in [0.1, 0.15) is 25.7 Å². The minimum Gasteiger partial charge on any atom is -0.478 e. The average Bonchev–Trinajstić information content (AvgIpc) is 3.33. The number of nitrogens with one attached hydrogen (secondary N) is 1. The van der Waals surface area contributed by atoms with Gasteiger partial charge >= 0.3 is 11.9 Å². The molecule has 7 heteroatoms.